The van der Waals surface area contributed by atoms with Crippen LogP contribution in [-0.4, -0.2) is 28.8 Å². The molecule has 0 heterocycles. The van der Waals surface area contributed by atoms with Crippen molar-refractivity contribution in [3.63, 3.8) is 0 Å². The van der Waals surface area contributed by atoms with Crippen LogP contribution in [0.3, 0.4) is 0 Å². The molecule has 1 N–H and O–H groups in total. The fraction of sp³-hybridized carbons (Fsp3) is 0.571. The third-order valence-electron chi connectivity index (χ3n) is 3.51. The van der Waals surface area contributed by atoms with E-state index in [1.54, 1.807) is 6.26 Å². The summed E-state index contributed by atoms with van der Waals surface area (Å²) < 4.78 is 10.9. The van der Waals surface area contributed by atoms with E-state index in [0.717, 1.165) is 18.2 Å². The van der Waals surface area contributed by atoms with Crippen LogP contribution in [0.1, 0.15) is 29.9 Å². The summed E-state index contributed by atoms with van der Waals surface area (Å²) in [6, 6.07) is 9.51. The molecule has 1 aliphatic carbocycles. The van der Waals surface area contributed by atoms with E-state index in [1.807, 2.05) is 0 Å². The van der Waals surface area contributed by atoms with Crippen LogP contribution < -0.4 is 5.32 Å². The minimum absolute atomic E-state index is 0.629. The van der Waals surface area contributed by atoms with E-state index < -0.39 is 10.8 Å². The zero-order chi connectivity index (χ0) is 12.3. The highest BCUT2D eigenvalue weighted by atomic mass is 32.2. The topological polar surface area (TPSA) is 29.1 Å². The average molecular weight is 251 g/mol. The van der Waals surface area contributed by atoms with Gasteiger partial charge in [0.25, 0.3) is 0 Å². The lowest BCUT2D eigenvalue weighted by atomic mass is 9.76. The fourth-order valence-corrected chi connectivity index (χ4v) is 2.71. The standard InChI is InChI=1S/C14H21NOS/c1-11-3-5-12(6-4-11)13-9-14(10-13)15-7-8-17(2)16/h3-6,13-15H,7-10H2,1-2H3. The smallest absolute Gasteiger partial charge is 0.0357 e. The summed E-state index contributed by atoms with van der Waals surface area (Å²) in [5, 5.41) is 3.47. The summed E-state index contributed by atoms with van der Waals surface area (Å²) in [6.07, 6.45) is 4.20. The molecule has 0 bridgehead atoms. The first-order chi connectivity index (χ1) is 8.15. The third-order valence-corrected chi connectivity index (χ3v) is 4.29. The lowest BCUT2D eigenvalue weighted by Gasteiger charge is -2.36. The Morgan fingerprint density at radius 2 is 1.94 bits per heavy atom. The second-order valence-electron chi connectivity index (χ2n) is 5.01. The lowest BCUT2D eigenvalue weighted by Crippen LogP contribution is -2.41. The number of rotatable bonds is 5. The van der Waals surface area contributed by atoms with Gasteiger partial charge < -0.3 is 5.32 Å². The highest BCUT2D eigenvalue weighted by molar-refractivity contribution is 7.84. The van der Waals surface area contributed by atoms with Gasteiger partial charge in [0.15, 0.2) is 0 Å². The SMILES string of the molecule is Cc1ccc(C2CC(NCCS(C)=O)C2)cc1. The van der Waals surface area contributed by atoms with Gasteiger partial charge in [0.05, 0.1) is 0 Å². The maximum Gasteiger partial charge on any atom is 0.0357 e. The average Bonchev–Trinajstić information content (AvgIpc) is 2.23. The van der Waals surface area contributed by atoms with E-state index in [1.165, 1.54) is 24.0 Å². The molecule has 94 valence electrons. The van der Waals surface area contributed by atoms with Crippen LogP contribution in [0.5, 0.6) is 0 Å². The van der Waals surface area contributed by atoms with Crippen LogP contribution in [0.25, 0.3) is 0 Å². The third kappa shape index (κ3) is 3.65. The molecule has 1 aromatic carbocycles. The van der Waals surface area contributed by atoms with Gasteiger partial charge in [0.1, 0.15) is 0 Å². The minimum atomic E-state index is -0.670. The molecule has 2 rings (SSSR count). The molecule has 0 amide bonds. The highest BCUT2D eigenvalue weighted by Crippen LogP contribution is 2.36. The molecule has 17 heavy (non-hydrogen) atoms. The minimum Gasteiger partial charge on any atom is -0.313 e. The summed E-state index contributed by atoms with van der Waals surface area (Å²) in [5.74, 6) is 1.49. The molecule has 1 aliphatic rings. The van der Waals surface area contributed by atoms with E-state index in [0.29, 0.717) is 6.04 Å². The normalized spacial score (nSPS) is 25.3. The molecule has 1 aromatic rings. The first kappa shape index (κ1) is 12.8. The van der Waals surface area contributed by atoms with Gasteiger partial charge >= 0.3 is 0 Å². The van der Waals surface area contributed by atoms with Crippen LogP contribution in [-0.2, 0) is 10.8 Å². The highest BCUT2D eigenvalue weighted by Gasteiger charge is 2.29. The fourth-order valence-electron chi connectivity index (χ4n) is 2.30. The van der Waals surface area contributed by atoms with E-state index in [2.05, 4.69) is 36.5 Å². The number of hydrogen-bond acceptors (Lipinski definition) is 2. The second-order valence-corrected chi connectivity index (χ2v) is 6.56. The Morgan fingerprint density at radius 3 is 2.53 bits per heavy atom. The number of nitrogens with one attached hydrogen (secondary N) is 1. The summed E-state index contributed by atoms with van der Waals surface area (Å²) in [5.41, 5.74) is 2.79. The van der Waals surface area contributed by atoms with Crippen LogP contribution in [0.2, 0.25) is 0 Å². The van der Waals surface area contributed by atoms with Gasteiger partial charge in [-0.25, -0.2) is 0 Å². The van der Waals surface area contributed by atoms with Gasteiger partial charge in [-0.15, -0.1) is 0 Å². The molecular formula is C14H21NOS. The summed E-state index contributed by atoms with van der Waals surface area (Å²) >= 11 is 0. The zero-order valence-electron chi connectivity index (χ0n) is 10.6. The van der Waals surface area contributed by atoms with Crippen molar-refractivity contribution in [2.75, 3.05) is 18.6 Å². The molecule has 2 nitrogen and oxygen atoms in total. The molecule has 1 saturated carbocycles. The first-order valence-corrected chi connectivity index (χ1v) is 7.98. The van der Waals surface area contributed by atoms with Crippen molar-refractivity contribution in [3.05, 3.63) is 35.4 Å². The molecule has 0 spiro atoms. The molecule has 0 aromatic heterocycles. The Morgan fingerprint density at radius 1 is 1.29 bits per heavy atom. The van der Waals surface area contributed by atoms with Crippen molar-refractivity contribution in [2.24, 2.45) is 0 Å². The van der Waals surface area contributed by atoms with E-state index in [9.17, 15) is 4.21 Å². The Kier molecular flexibility index (Phi) is 4.35. The van der Waals surface area contributed by atoms with E-state index in [-0.39, 0.29) is 0 Å². The number of benzene rings is 1. The number of hydrogen-bond donors (Lipinski definition) is 1. The molecule has 0 radical (unpaired) electrons. The van der Waals surface area contributed by atoms with Crippen molar-refractivity contribution in [1.82, 2.24) is 5.32 Å². The lowest BCUT2D eigenvalue weighted by molar-refractivity contribution is 0.296. The van der Waals surface area contributed by atoms with Gasteiger partial charge in [-0.2, -0.15) is 0 Å². The molecular weight excluding hydrogens is 230 g/mol. The Hall–Kier alpha value is -0.670. The van der Waals surface area contributed by atoms with Gasteiger partial charge in [-0.1, -0.05) is 29.8 Å². The van der Waals surface area contributed by atoms with Gasteiger partial charge in [0, 0.05) is 35.4 Å². The summed E-state index contributed by atoms with van der Waals surface area (Å²) in [7, 11) is -0.670. The molecule has 1 atom stereocenters. The molecule has 0 aliphatic heterocycles. The zero-order valence-corrected chi connectivity index (χ0v) is 11.4. The first-order valence-electron chi connectivity index (χ1n) is 6.25. The van der Waals surface area contributed by atoms with E-state index >= 15 is 0 Å². The van der Waals surface area contributed by atoms with Crippen LogP contribution in [0, 0.1) is 6.92 Å². The van der Waals surface area contributed by atoms with Gasteiger partial charge in [0.2, 0.25) is 0 Å². The van der Waals surface area contributed by atoms with Crippen LogP contribution in [0.15, 0.2) is 24.3 Å². The van der Waals surface area contributed by atoms with Crippen LogP contribution in [0.4, 0.5) is 0 Å². The Bertz CT molecular complexity index is 382. The largest absolute Gasteiger partial charge is 0.313 e. The molecule has 1 unspecified atom stereocenters. The maximum atomic E-state index is 10.9. The predicted molar refractivity (Wildman–Crippen MR) is 73.9 cm³/mol. The van der Waals surface area contributed by atoms with Crippen molar-refractivity contribution >= 4 is 10.8 Å². The van der Waals surface area contributed by atoms with E-state index in [4.69, 9.17) is 0 Å². The molecule has 0 saturated heterocycles. The monoisotopic (exact) mass is 251 g/mol. The number of aryl methyl sites for hydroxylation is 1. The van der Waals surface area contributed by atoms with Crippen molar-refractivity contribution in [3.8, 4) is 0 Å². The van der Waals surface area contributed by atoms with Crippen molar-refractivity contribution in [1.29, 1.82) is 0 Å². The van der Waals surface area contributed by atoms with Gasteiger partial charge in [-0.3, -0.25) is 4.21 Å². The Labute approximate surface area is 106 Å². The quantitative estimate of drug-likeness (QED) is 0.869. The molecule has 1 fully saturated rings. The van der Waals surface area contributed by atoms with Crippen LogP contribution >= 0.6 is 0 Å². The summed E-state index contributed by atoms with van der Waals surface area (Å²) in [6.45, 7) is 3.01. The predicted octanol–water partition coefficient (Wildman–Crippen LogP) is 2.21. The second kappa shape index (κ2) is 5.78. The summed E-state index contributed by atoms with van der Waals surface area (Å²) in [4.78, 5) is 0. The maximum absolute atomic E-state index is 10.9. The Balaban J connectivity index is 1.71. The van der Waals surface area contributed by atoms with Crippen molar-refractivity contribution < 1.29 is 4.21 Å². The van der Waals surface area contributed by atoms with Crippen molar-refractivity contribution in [2.45, 2.75) is 31.7 Å². The molecule has 3 heteroatoms. The van der Waals surface area contributed by atoms with Gasteiger partial charge in [-0.05, 0) is 31.2 Å².